The van der Waals surface area contributed by atoms with Crippen LogP contribution in [0.3, 0.4) is 0 Å². The van der Waals surface area contributed by atoms with Crippen molar-refractivity contribution in [3.8, 4) is 0 Å². The highest BCUT2D eigenvalue weighted by atomic mass is 35.5. The molecule has 1 aliphatic carbocycles. The number of halogens is 3. The first-order chi connectivity index (χ1) is 6.61. The summed E-state index contributed by atoms with van der Waals surface area (Å²) in [5, 5.41) is -0.638. The van der Waals surface area contributed by atoms with Crippen LogP contribution < -0.4 is 0 Å². The average molecular weight is 225 g/mol. The van der Waals surface area contributed by atoms with Crippen molar-refractivity contribution >= 4 is 16.8 Å². The molecule has 82 valence electrons. The summed E-state index contributed by atoms with van der Waals surface area (Å²) in [6.07, 6.45) is 2.18. The SMILES string of the molecule is O=C(Cl)CC(C(F)F)C1CCCCC1. The molecular weight excluding hydrogens is 210 g/mol. The van der Waals surface area contributed by atoms with Crippen molar-refractivity contribution in [1.82, 2.24) is 0 Å². The minimum atomic E-state index is -2.42. The molecule has 0 heterocycles. The third-order valence-corrected chi connectivity index (χ3v) is 3.13. The fourth-order valence-corrected chi connectivity index (χ4v) is 2.39. The first kappa shape index (κ1) is 11.9. The molecule has 4 heteroatoms. The predicted octanol–water partition coefficient (Wildman–Crippen LogP) is 3.60. The molecule has 0 radical (unpaired) electrons. The summed E-state index contributed by atoms with van der Waals surface area (Å²) in [4.78, 5) is 10.6. The van der Waals surface area contributed by atoms with E-state index in [0.29, 0.717) is 0 Å². The zero-order valence-electron chi connectivity index (χ0n) is 8.02. The maximum Gasteiger partial charge on any atom is 0.242 e. The van der Waals surface area contributed by atoms with Crippen molar-refractivity contribution in [2.24, 2.45) is 11.8 Å². The highest BCUT2D eigenvalue weighted by molar-refractivity contribution is 6.63. The summed E-state index contributed by atoms with van der Waals surface area (Å²) in [5.41, 5.74) is 0. The highest BCUT2D eigenvalue weighted by Crippen LogP contribution is 2.35. The number of alkyl halides is 2. The van der Waals surface area contributed by atoms with Gasteiger partial charge in [-0.15, -0.1) is 0 Å². The van der Waals surface area contributed by atoms with Crippen LogP contribution in [0.4, 0.5) is 8.78 Å². The first-order valence-electron chi connectivity index (χ1n) is 5.07. The Morgan fingerprint density at radius 2 is 1.86 bits per heavy atom. The third-order valence-electron chi connectivity index (χ3n) is 2.98. The van der Waals surface area contributed by atoms with E-state index >= 15 is 0 Å². The van der Waals surface area contributed by atoms with Crippen molar-refractivity contribution in [3.63, 3.8) is 0 Å². The van der Waals surface area contributed by atoms with Gasteiger partial charge in [0.25, 0.3) is 0 Å². The zero-order valence-corrected chi connectivity index (χ0v) is 8.77. The van der Waals surface area contributed by atoms with E-state index in [-0.39, 0.29) is 12.3 Å². The average Bonchev–Trinajstić information content (AvgIpc) is 2.15. The summed E-state index contributed by atoms with van der Waals surface area (Å²) >= 11 is 5.16. The van der Waals surface area contributed by atoms with Crippen LogP contribution in [0.15, 0.2) is 0 Å². The monoisotopic (exact) mass is 224 g/mol. The predicted molar refractivity (Wildman–Crippen MR) is 51.5 cm³/mol. The van der Waals surface area contributed by atoms with Crippen molar-refractivity contribution in [2.45, 2.75) is 45.0 Å². The molecule has 0 aromatic heterocycles. The summed E-state index contributed by atoms with van der Waals surface area (Å²) in [6, 6.07) is 0. The van der Waals surface area contributed by atoms with Gasteiger partial charge in [-0.25, -0.2) is 8.78 Å². The fraction of sp³-hybridized carbons (Fsp3) is 0.900. The Balaban J connectivity index is 2.51. The number of rotatable bonds is 4. The molecule has 1 nitrogen and oxygen atoms in total. The maximum absolute atomic E-state index is 12.6. The molecule has 1 saturated carbocycles. The smallest absolute Gasteiger partial charge is 0.242 e. The molecule has 0 N–H and O–H groups in total. The second kappa shape index (κ2) is 5.64. The Hall–Kier alpha value is -0.180. The van der Waals surface area contributed by atoms with Crippen molar-refractivity contribution in [1.29, 1.82) is 0 Å². The van der Waals surface area contributed by atoms with Crippen LogP contribution in [0, 0.1) is 11.8 Å². The molecule has 1 unspecified atom stereocenters. The van der Waals surface area contributed by atoms with Gasteiger partial charge in [0.1, 0.15) is 0 Å². The third kappa shape index (κ3) is 3.52. The van der Waals surface area contributed by atoms with Gasteiger partial charge in [0.05, 0.1) is 0 Å². The largest absolute Gasteiger partial charge is 0.281 e. The minimum absolute atomic E-state index is 0.00792. The van der Waals surface area contributed by atoms with E-state index in [2.05, 4.69) is 0 Å². The Morgan fingerprint density at radius 1 is 1.29 bits per heavy atom. The quantitative estimate of drug-likeness (QED) is 0.667. The van der Waals surface area contributed by atoms with Crippen LogP contribution in [0.5, 0.6) is 0 Å². The molecule has 0 aromatic carbocycles. The minimum Gasteiger partial charge on any atom is -0.281 e. The molecule has 1 fully saturated rings. The van der Waals surface area contributed by atoms with Gasteiger partial charge >= 0.3 is 0 Å². The van der Waals surface area contributed by atoms with Gasteiger partial charge in [0, 0.05) is 12.3 Å². The van der Waals surface area contributed by atoms with Gasteiger partial charge in [0.15, 0.2) is 0 Å². The van der Waals surface area contributed by atoms with Gasteiger partial charge in [-0.3, -0.25) is 4.79 Å². The number of hydrogen-bond donors (Lipinski definition) is 0. The Morgan fingerprint density at radius 3 is 2.29 bits per heavy atom. The lowest BCUT2D eigenvalue weighted by Crippen LogP contribution is -2.25. The molecule has 0 saturated heterocycles. The molecule has 1 aliphatic rings. The van der Waals surface area contributed by atoms with Crippen molar-refractivity contribution in [3.05, 3.63) is 0 Å². The van der Waals surface area contributed by atoms with Gasteiger partial charge in [-0.05, 0) is 30.4 Å². The second-order valence-corrected chi connectivity index (χ2v) is 4.38. The van der Waals surface area contributed by atoms with Crippen molar-refractivity contribution in [2.75, 3.05) is 0 Å². The van der Waals surface area contributed by atoms with Crippen LogP contribution in [-0.2, 0) is 4.79 Å². The summed E-state index contributed by atoms with van der Waals surface area (Å²) in [6.45, 7) is 0. The fourth-order valence-electron chi connectivity index (χ4n) is 2.21. The normalized spacial score (nSPS) is 21.1. The van der Waals surface area contributed by atoms with E-state index in [4.69, 9.17) is 11.6 Å². The molecule has 0 aromatic rings. The number of carbonyl (C=O) groups excluding carboxylic acids is 1. The van der Waals surface area contributed by atoms with Crippen LogP contribution >= 0.6 is 11.6 Å². The van der Waals surface area contributed by atoms with E-state index in [1.807, 2.05) is 0 Å². The van der Waals surface area contributed by atoms with Crippen LogP contribution in [0.2, 0.25) is 0 Å². The standard InChI is InChI=1S/C10H15ClF2O/c11-9(14)6-8(10(12)13)7-4-2-1-3-5-7/h7-8,10H,1-6H2. The lowest BCUT2D eigenvalue weighted by atomic mass is 9.79. The van der Waals surface area contributed by atoms with Gasteiger partial charge < -0.3 is 0 Å². The summed E-state index contributed by atoms with van der Waals surface area (Å²) in [5.74, 6) is -0.827. The van der Waals surface area contributed by atoms with E-state index in [1.165, 1.54) is 0 Å². The van der Waals surface area contributed by atoms with E-state index in [1.54, 1.807) is 0 Å². The molecule has 1 atom stereocenters. The van der Waals surface area contributed by atoms with E-state index in [9.17, 15) is 13.6 Å². The summed E-state index contributed by atoms with van der Waals surface area (Å²) in [7, 11) is 0. The van der Waals surface area contributed by atoms with Gasteiger partial charge in [0.2, 0.25) is 11.7 Å². The highest BCUT2D eigenvalue weighted by Gasteiger charge is 2.31. The van der Waals surface area contributed by atoms with Gasteiger partial charge in [-0.2, -0.15) is 0 Å². The molecule has 0 aliphatic heterocycles. The second-order valence-electron chi connectivity index (χ2n) is 3.96. The summed E-state index contributed by atoms with van der Waals surface area (Å²) < 4.78 is 25.3. The molecular formula is C10H15ClF2O. The van der Waals surface area contributed by atoms with E-state index < -0.39 is 17.6 Å². The van der Waals surface area contributed by atoms with Crippen LogP contribution in [0.25, 0.3) is 0 Å². The molecule has 0 amide bonds. The Labute approximate surface area is 87.8 Å². The van der Waals surface area contributed by atoms with Crippen molar-refractivity contribution < 1.29 is 13.6 Å². The molecule has 1 rings (SSSR count). The number of carbonyl (C=O) groups is 1. The molecule has 14 heavy (non-hydrogen) atoms. The van der Waals surface area contributed by atoms with Gasteiger partial charge in [-0.1, -0.05) is 19.3 Å². The lowest BCUT2D eigenvalue weighted by Gasteiger charge is -2.28. The maximum atomic E-state index is 12.6. The topological polar surface area (TPSA) is 17.1 Å². The Kier molecular flexibility index (Phi) is 4.79. The zero-order chi connectivity index (χ0) is 10.6. The molecule has 0 spiro atoms. The number of hydrogen-bond acceptors (Lipinski definition) is 1. The van der Waals surface area contributed by atoms with Crippen LogP contribution in [-0.4, -0.2) is 11.7 Å². The lowest BCUT2D eigenvalue weighted by molar-refractivity contribution is -0.114. The van der Waals surface area contributed by atoms with Crippen LogP contribution in [0.1, 0.15) is 38.5 Å². The Bertz CT molecular complexity index is 191. The first-order valence-corrected chi connectivity index (χ1v) is 5.45. The molecule has 0 bridgehead atoms. The van der Waals surface area contributed by atoms with E-state index in [0.717, 1.165) is 32.1 Å².